The van der Waals surface area contributed by atoms with Crippen LogP contribution in [-0.2, 0) is 16.1 Å². The number of aromatic nitrogens is 2. The van der Waals surface area contributed by atoms with Crippen LogP contribution in [-0.4, -0.2) is 21.8 Å². The van der Waals surface area contributed by atoms with Crippen LogP contribution in [0.25, 0.3) is 0 Å². The van der Waals surface area contributed by atoms with Crippen molar-refractivity contribution in [1.82, 2.24) is 9.97 Å². The maximum atomic E-state index is 12.1. The molecule has 0 fully saturated rings. The molecule has 0 saturated carbocycles. The summed E-state index contributed by atoms with van der Waals surface area (Å²) < 4.78 is 5.23. The molecule has 0 saturated heterocycles. The molecule has 3 rings (SSSR count). The lowest BCUT2D eigenvalue weighted by molar-refractivity contribution is -0.115. The molecule has 132 valence electrons. The summed E-state index contributed by atoms with van der Waals surface area (Å²) >= 11 is 1.32. The number of esters is 1. The highest BCUT2D eigenvalue weighted by molar-refractivity contribution is 7.14. The minimum Gasteiger partial charge on any atom is -0.454 e. The summed E-state index contributed by atoms with van der Waals surface area (Å²) in [6, 6.07) is 12.7. The molecule has 26 heavy (non-hydrogen) atoms. The van der Waals surface area contributed by atoms with E-state index in [2.05, 4.69) is 9.97 Å². The van der Waals surface area contributed by atoms with Crippen molar-refractivity contribution in [3.63, 3.8) is 0 Å². The topological polar surface area (TPSA) is 72.4 Å². The van der Waals surface area contributed by atoms with Crippen molar-refractivity contribution in [3.05, 3.63) is 71.0 Å². The van der Waals surface area contributed by atoms with E-state index in [1.54, 1.807) is 28.5 Å². The van der Waals surface area contributed by atoms with Crippen molar-refractivity contribution >= 4 is 34.0 Å². The summed E-state index contributed by atoms with van der Waals surface area (Å²) in [5.41, 5.74) is 2.62. The second kappa shape index (κ2) is 7.88. The minimum atomic E-state index is -0.512. The van der Waals surface area contributed by atoms with Crippen LogP contribution in [0.1, 0.15) is 28.7 Å². The Kier molecular flexibility index (Phi) is 5.38. The number of carbonyl (C=O) groups excluding carboxylic acids is 2. The molecule has 0 aliphatic rings. The first-order valence-electron chi connectivity index (χ1n) is 7.94. The van der Waals surface area contributed by atoms with Gasteiger partial charge in [0.1, 0.15) is 12.3 Å². The van der Waals surface area contributed by atoms with E-state index in [0.717, 1.165) is 11.3 Å². The third-order valence-corrected chi connectivity index (χ3v) is 4.41. The highest BCUT2D eigenvalue weighted by Crippen LogP contribution is 2.29. The molecule has 2 heterocycles. The van der Waals surface area contributed by atoms with Crippen LogP contribution in [0.5, 0.6) is 0 Å². The first-order chi connectivity index (χ1) is 12.5. The van der Waals surface area contributed by atoms with E-state index >= 15 is 0 Å². The summed E-state index contributed by atoms with van der Waals surface area (Å²) in [5, 5.41) is 2.30. The monoisotopic (exact) mass is 367 g/mol. The Balaban J connectivity index is 1.73. The molecule has 2 aromatic heterocycles. The highest BCUT2D eigenvalue weighted by atomic mass is 32.1. The Hall–Kier alpha value is -3.06. The molecule has 0 bridgehead atoms. The number of anilines is 2. The van der Waals surface area contributed by atoms with Gasteiger partial charge in [-0.25, -0.2) is 14.8 Å². The predicted octanol–water partition coefficient (Wildman–Crippen LogP) is 3.89. The second-order valence-electron chi connectivity index (χ2n) is 5.61. The summed E-state index contributed by atoms with van der Waals surface area (Å²) in [6.45, 7) is 3.47. The molecule has 0 aliphatic heterocycles. The van der Waals surface area contributed by atoms with E-state index in [1.165, 1.54) is 24.5 Å². The van der Waals surface area contributed by atoms with Gasteiger partial charge in [-0.05, 0) is 36.8 Å². The number of rotatable bonds is 5. The highest BCUT2D eigenvalue weighted by Gasteiger charge is 2.18. The summed E-state index contributed by atoms with van der Waals surface area (Å²) in [7, 11) is 0. The zero-order valence-electron chi connectivity index (χ0n) is 14.4. The fourth-order valence-corrected chi connectivity index (χ4v) is 3.23. The van der Waals surface area contributed by atoms with Crippen LogP contribution in [0.3, 0.4) is 0 Å². The number of ether oxygens (including phenoxy) is 1. The van der Waals surface area contributed by atoms with E-state index in [-0.39, 0.29) is 18.2 Å². The number of amides is 1. The normalized spacial score (nSPS) is 10.4. The Labute approximate surface area is 155 Å². The number of thiazole rings is 1. The van der Waals surface area contributed by atoms with Gasteiger partial charge >= 0.3 is 5.97 Å². The Morgan fingerprint density at radius 3 is 2.73 bits per heavy atom. The van der Waals surface area contributed by atoms with Crippen LogP contribution in [0.2, 0.25) is 0 Å². The van der Waals surface area contributed by atoms with Gasteiger partial charge < -0.3 is 4.74 Å². The van der Waals surface area contributed by atoms with Gasteiger partial charge in [-0.3, -0.25) is 9.69 Å². The molecule has 1 aromatic carbocycles. The molecule has 0 radical (unpaired) electrons. The zero-order chi connectivity index (χ0) is 18.5. The van der Waals surface area contributed by atoms with Gasteiger partial charge in [0.25, 0.3) is 0 Å². The maximum Gasteiger partial charge on any atom is 0.357 e. The summed E-state index contributed by atoms with van der Waals surface area (Å²) in [5.74, 6) is -0.649. The smallest absolute Gasteiger partial charge is 0.357 e. The average molecular weight is 367 g/mol. The molecule has 0 unspecified atom stereocenters. The molecule has 3 aromatic rings. The molecular formula is C19H17N3O3S. The molecule has 7 heteroatoms. The predicted molar refractivity (Wildman–Crippen MR) is 99.5 cm³/mol. The SMILES string of the molecule is CC(=O)N(c1cccc(C)c1)c1nc(COC(=O)c2ccccn2)cs1. The maximum absolute atomic E-state index is 12.1. The van der Waals surface area contributed by atoms with Gasteiger partial charge in [-0.15, -0.1) is 11.3 Å². The number of carbonyl (C=O) groups is 2. The Morgan fingerprint density at radius 2 is 2.04 bits per heavy atom. The molecule has 0 atom stereocenters. The number of benzene rings is 1. The standard InChI is InChI=1S/C19H17N3O3S/c1-13-6-5-7-16(10-13)22(14(2)23)19-21-15(12-26-19)11-25-18(24)17-8-3-4-9-20-17/h3-10,12H,11H2,1-2H3. The quantitative estimate of drug-likeness (QED) is 0.640. The largest absolute Gasteiger partial charge is 0.454 e. The van der Waals surface area contributed by atoms with E-state index in [0.29, 0.717) is 10.8 Å². The van der Waals surface area contributed by atoms with E-state index < -0.39 is 5.97 Å². The van der Waals surface area contributed by atoms with Gasteiger partial charge in [0.2, 0.25) is 5.91 Å². The van der Waals surface area contributed by atoms with E-state index in [4.69, 9.17) is 4.74 Å². The van der Waals surface area contributed by atoms with Crippen molar-refractivity contribution in [1.29, 1.82) is 0 Å². The zero-order valence-corrected chi connectivity index (χ0v) is 15.2. The van der Waals surface area contributed by atoms with Gasteiger partial charge in [0, 0.05) is 18.5 Å². The number of nitrogens with zero attached hydrogens (tertiary/aromatic N) is 3. The molecule has 0 N–H and O–H groups in total. The van der Waals surface area contributed by atoms with Crippen LogP contribution in [0.4, 0.5) is 10.8 Å². The number of pyridine rings is 1. The number of aryl methyl sites for hydroxylation is 1. The third-order valence-electron chi connectivity index (χ3n) is 3.53. The first-order valence-corrected chi connectivity index (χ1v) is 8.82. The fourth-order valence-electron chi connectivity index (χ4n) is 2.36. The van der Waals surface area contributed by atoms with Crippen molar-refractivity contribution in [2.75, 3.05) is 4.90 Å². The second-order valence-corrected chi connectivity index (χ2v) is 6.44. The molecule has 6 nitrogen and oxygen atoms in total. The van der Waals surface area contributed by atoms with Crippen molar-refractivity contribution in [2.45, 2.75) is 20.5 Å². The van der Waals surface area contributed by atoms with E-state index in [9.17, 15) is 9.59 Å². The molecule has 1 amide bonds. The minimum absolute atomic E-state index is 0.0193. The Bertz CT molecular complexity index is 925. The van der Waals surface area contributed by atoms with Gasteiger partial charge in [0.15, 0.2) is 5.13 Å². The fraction of sp³-hybridized carbons (Fsp3) is 0.158. The van der Waals surface area contributed by atoms with Gasteiger partial charge in [0.05, 0.1) is 11.4 Å². The average Bonchev–Trinajstić information content (AvgIpc) is 3.09. The lowest BCUT2D eigenvalue weighted by Crippen LogP contribution is -2.22. The van der Waals surface area contributed by atoms with Crippen LogP contribution >= 0.6 is 11.3 Å². The number of hydrogen-bond donors (Lipinski definition) is 0. The Morgan fingerprint density at radius 1 is 1.19 bits per heavy atom. The lowest BCUT2D eigenvalue weighted by atomic mass is 10.2. The van der Waals surface area contributed by atoms with Gasteiger partial charge in [-0.1, -0.05) is 18.2 Å². The van der Waals surface area contributed by atoms with Crippen LogP contribution < -0.4 is 4.90 Å². The molecular weight excluding hydrogens is 350 g/mol. The van der Waals surface area contributed by atoms with Crippen molar-refractivity contribution in [3.8, 4) is 0 Å². The van der Waals surface area contributed by atoms with Crippen molar-refractivity contribution in [2.24, 2.45) is 0 Å². The van der Waals surface area contributed by atoms with Crippen LogP contribution in [0, 0.1) is 6.92 Å². The van der Waals surface area contributed by atoms with Crippen LogP contribution in [0.15, 0.2) is 54.0 Å². The number of hydrogen-bond acceptors (Lipinski definition) is 6. The van der Waals surface area contributed by atoms with Gasteiger partial charge in [-0.2, -0.15) is 0 Å². The third kappa shape index (κ3) is 4.12. The molecule has 0 aliphatic carbocycles. The summed E-state index contributed by atoms with van der Waals surface area (Å²) in [6.07, 6.45) is 1.53. The molecule has 0 spiro atoms. The lowest BCUT2D eigenvalue weighted by Gasteiger charge is -2.18. The van der Waals surface area contributed by atoms with Crippen molar-refractivity contribution < 1.29 is 14.3 Å². The van der Waals surface area contributed by atoms with E-state index in [1.807, 2.05) is 31.2 Å². The first kappa shape index (κ1) is 17.8. The summed E-state index contributed by atoms with van der Waals surface area (Å²) in [4.78, 5) is 34.0.